The number of hydrogen-bond donors (Lipinski definition) is 1. The monoisotopic (exact) mass is 398 g/mol. The number of aromatic amines is 1. The van der Waals surface area contributed by atoms with Crippen LogP contribution in [0.5, 0.6) is 0 Å². The molecule has 1 N–H and O–H groups in total. The zero-order valence-corrected chi connectivity index (χ0v) is 16.7. The fourth-order valence-electron chi connectivity index (χ4n) is 3.20. The Bertz CT molecular complexity index is 1080. The topological polar surface area (TPSA) is 111 Å². The van der Waals surface area contributed by atoms with E-state index in [0.29, 0.717) is 28.1 Å². The van der Waals surface area contributed by atoms with Crippen molar-refractivity contribution in [1.29, 1.82) is 0 Å². The van der Waals surface area contributed by atoms with Gasteiger partial charge in [0, 0.05) is 11.1 Å². The van der Waals surface area contributed by atoms with Crippen LogP contribution in [-0.2, 0) is 20.7 Å². The normalized spacial score (nSPS) is 12.0. The van der Waals surface area contributed by atoms with Gasteiger partial charge in [-0.2, -0.15) is 0 Å². The van der Waals surface area contributed by atoms with Crippen LogP contribution in [0.15, 0.2) is 28.8 Å². The number of ketones is 1. The Labute approximate surface area is 167 Å². The van der Waals surface area contributed by atoms with E-state index in [2.05, 4.69) is 10.1 Å². The van der Waals surface area contributed by atoms with Crippen molar-refractivity contribution in [2.75, 3.05) is 6.61 Å². The molecule has 0 spiro atoms. The van der Waals surface area contributed by atoms with Gasteiger partial charge in [0.05, 0.1) is 24.3 Å². The van der Waals surface area contributed by atoms with E-state index in [-0.39, 0.29) is 18.7 Å². The Balaban J connectivity index is 1.71. The third-order valence-corrected chi connectivity index (χ3v) is 4.60. The first-order chi connectivity index (χ1) is 13.8. The summed E-state index contributed by atoms with van der Waals surface area (Å²) in [6, 6.07) is 7.17. The molecule has 1 aromatic carbocycles. The Morgan fingerprint density at radius 1 is 1.21 bits per heavy atom. The van der Waals surface area contributed by atoms with Crippen LogP contribution in [0.3, 0.4) is 0 Å². The molecule has 0 fully saturated rings. The SMILES string of the molecule is CCOC(=O)c1c(C)[nH]c(C(=O)[C@@H](C)OC(=O)Cc2noc3ccccc23)c1C. The summed E-state index contributed by atoms with van der Waals surface area (Å²) < 4.78 is 15.5. The minimum Gasteiger partial charge on any atom is -0.462 e. The number of nitrogens with one attached hydrogen (secondary N) is 1. The number of aromatic nitrogens is 2. The molecule has 0 bridgehead atoms. The summed E-state index contributed by atoms with van der Waals surface area (Å²) in [4.78, 5) is 40.1. The molecule has 0 radical (unpaired) electrons. The van der Waals surface area contributed by atoms with E-state index >= 15 is 0 Å². The van der Waals surface area contributed by atoms with Crippen molar-refractivity contribution < 1.29 is 28.4 Å². The molecular formula is C21H22N2O6. The van der Waals surface area contributed by atoms with Gasteiger partial charge in [-0.25, -0.2) is 4.79 Å². The fourth-order valence-corrected chi connectivity index (χ4v) is 3.20. The number of nitrogens with zero attached hydrogens (tertiary/aromatic N) is 1. The van der Waals surface area contributed by atoms with E-state index in [9.17, 15) is 14.4 Å². The number of para-hydroxylation sites is 1. The molecule has 2 aromatic heterocycles. The predicted molar refractivity (Wildman–Crippen MR) is 104 cm³/mol. The van der Waals surface area contributed by atoms with E-state index in [1.165, 1.54) is 6.92 Å². The number of carbonyl (C=O) groups excluding carboxylic acids is 3. The summed E-state index contributed by atoms with van der Waals surface area (Å²) >= 11 is 0. The highest BCUT2D eigenvalue weighted by Gasteiger charge is 2.28. The first kappa shape index (κ1) is 20.3. The molecule has 29 heavy (non-hydrogen) atoms. The van der Waals surface area contributed by atoms with Gasteiger partial charge in [0.2, 0.25) is 5.78 Å². The molecular weight excluding hydrogens is 376 g/mol. The van der Waals surface area contributed by atoms with Gasteiger partial charge in [-0.05, 0) is 45.4 Å². The number of H-pyrrole nitrogens is 1. The van der Waals surface area contributed by atoms with E-state index < -0.39 is 23.8 Å². The van der Waals surface area contributed by atoms with Crippen LogP contribution in [0.4, 0.5) is 0 Å². The summed E-state index contributed by atoms with van der Waals surface area (Å²) in [7, 11) is 0. The van der Waals surface area contributed by atoms with Crippen LogP contribution in [0, 0.1) is 13.8 Å². The lowest BCUT2D eigenvalue weighted by Gasteiger charge is -2.12. The lowest BCUT2D eigenvalue weighted by atomic mass is 10.1. The average Bonchev–Trinajstić information content (AvgIpc) is 3.21. The number of esters is 2. The lowest BCUT2D eigenvalue weighted by Crippen LogP contribution is -2.26. The maximum Gasteiger partial charge on any atom is 0.340 e. The van der Waals surface area contributed by atoms with Crippen LogP contribution < -0.4 is 0 Å². The summed E-state index contributed by atoms with van der Waals surface area (Å²) in [6.45, 7) is 6.76. The van der Waals surface area contributed by atoms with Crippen molar-refractivity contribution >= 4 is 28.7 Å². The molecule has 0 aliphatic heterocycles. The maximum absolute atomic E-state index is 12.8. The fraction of sp³-hybridized carbons (Fsp3) is 0.333. The molecule has 3 rings (SSSR count). The number of aryl methyl sites for hydroxylation is 1. The van der Waals surface area contributed by atoms with E-state index in [4.69, 9.17) is 14.0 Å². The van der Waals surface area contributed by atoms with Crippen molar-refractivity contribution in [3.05, 3.63) is 52.5 Å². The molecule has 2 heterocycles. The molecule has 8 nitrogen and oxygen atoms in total. The molecule has 0 aliphatic rings. The highest BCUT2D eigenvalue weighted by Crippen LogP contribution is 2.22. The predicted octanol–water partition coefficient (Wildman–Crippen LogP) is 3.31. The van der Waals surface area contributed by atoms with Crippen molar-refractivity contribution in [2.24, 2.45) is 0 Å². The van der Waals surface area contributed by atoms with Gasteiger partial charge in [-0.1, -0.05) is 17.3 Å². The van der Waals surface area contributed by atoms with Crippen LogP contribution in [0.2, 0.25) is 0 Å². The van der Waals surface area contributed by atoms with E-state index in [0.717, 1.165) is 5.39 Å². The largest absolute Gasteiger partial charge is 0.462 e. The van der Waals surface area contributed by atoms with E-state index in [1.807, 2.05) is 12.1 Å². The average molecular weight is 398 g/mol. The maximum atomic E-state index is 12.8. The number of benzene rings is 1. The number of Topliss-reactive ketones (excluding diaryl/α,β-unsaturated/α-hetero) is 1. The summed E-state index contributed by atoms with van der Waals surface area (Å²) in [6.07, 6.45) is -1.15. The Hall–Kier alpha value is -3.42. The van der Waals surface area contributed by atoms with E-state index in [1.54, 1.807) is 32.9 Å². The van der Waals surface area contributed by atoms with Gasteiger partial charge in [-0.3, -0.25) is 9.59 Å². The van der Waals surface area contributed by atoms with Gasteiger partial charge < -0.3 is 19.0 Å². The second kappa shape index (κ2) is 8.30. The molecule has 0 saturated heterocycles. The molecule has 0 aliphatic carbocycles. The third-order valence-electron chi connectivity index (χ3n) is 4.60. The van der Waals surface area contributed by atoms with Gasteiger partial charge in [0.15, 0.2) is 11.7 Å². The van der Waals surface area contributed by atoms with Crippen LogP contribution >= 0.6 is 0 Å². The van der Waals surface area contributed by atoms with Crippen molar-refractivity contribution in [2.45, 2.75) is 40.2 Å². The van der Waals surface area contributed by atoms with Crippen LogP contribution in [0.25, 0.3) is 11.0 Å². The number of rotatable bonds is 7. The lowest BCUT2D eigenvalue weighted by molar-refractivity contribution is -0.145. The number of ether oxygens (including phenoxy) is 2. The molecule has 152 valence electrons. The second-order valence-electron chi connectivity index (χ2n) is 6.64. The summed E-state index contributed by atoms with van der Waals surface area (Å²) in [5.41, 5.74) is 2.55. The van der Waals surface area contributed by atoms with Gasteiger partial charge in [0.25, 0.3) is 0 Å². The molecule has 3 aromatic rings. The number of fused-ring (bicyclic) bond motifs is 1. The number of carbonyl (C=O) groups is 3. The minimum absolute atomic E-state index is 0.120. The van der Waals surface area contributed by atoms with Gasteiger partial charge in [-0.15, -0.1) is 0 Å². The standard InChI is InChI=1S/C21H22N2O6/c1-5-27-21(26)18-11(2)19(22-12(18)3)20(25)13(4)28-17(24)10-15-14-8-6-7-9-16(14)29-23-15/h6-9,13,22H,5,10H2,1-4H3/t13-/m1/s1. The first-order valence-electron chi connectivity index (χ1n) is 9.26. The van der Waals surface area contributed by atoms with Crippen LogP contribution in [0.1, 0.15) is 51.6 Å². The highest BCUT2D eigenvalue weighted by molar-refractivity contribution is 6.04. The highest BCUT2D eigenvalue weighted by atomic mass is 16.5. The third kappa shape index (κ3) is 4.06. The van der Waals surface area contributed by atoms with Gasteiger partial charge in [0.1, 0.15) is 5.69 Å². The molecule has 0 unspecified atom stereocenters. The summed E-state index contributed by atoms with van der Waals surface area (Å²) in [5.74, 6) is -1.53. The van der Waals surface area contributed by atoms with Crippen LogP contribution in [-0.4, -0.2) is 40.6 Å². The zero-order valence-electron chi connectivity index (χ0n) is 16.7. The molecule has 0 amide bonds. The smallest absolute Gasteiger partial charge is 0.340 e. The molecule has 0 saturated carbocycles. The molecule has 8 heteroatoms. The Morgan fingerprint density at radius 3 is 2.66 bits per heavy atom. The summed E-state index contributed by atoms with van der Waals surface area (Å²) in [5, 5.41) is 4.61. The van der Waals surface area contributed by atoms with Crippen molar-refractivity contribution in [3.8, 4) is 0 Å². The Kier molecular flexibility index (Phi) is 5.81. The Morgan fingerprint density at radius 2 is 1.93 bits per heavy atom. The molecule has 1 atom stereocenters. The minimum atomic E-state index is -1.03. The number of hydrogen-bond acceptors (Lipinski definition) is 7. The van der Waals surface area contributed by atoms with Crippen molar-refractivity contribution in [3.63, 3.8) is 0 Å². The van der Waals surface area contributed by atoms with Crippen molar-refractivity contribution in [1.82, 2.24) is 10.1 Å². The van der Waals surface area contributed by atoms with Gasteiger partial charge >= 0.3 is 11.9 Å². The quantitative estimate of drug-likeness (QED) is 0.480. The first-order valence-corrected chi connectivity index (χ1v) is 9.26. The second-order valence-corrected chi connectivity index (χ2v) is 6.64. The zero-order chi connectivity index (χ0) is 21.1.